The van der Waals surface area contributed by atoms with Gasteiger partial charge in [-0.25, -0.2) is 9.78 Å². The molecule has 0 saturated heterocycles. The molecule has 0 spiro atoms. The molecule has 8 heteroatoms. The summed E-state index contributed by atoms with van der Waals surface area (Å²) >= 11 is 5.72. The molecule has 7 nitrogen and oxygen atoms in total. The van der Waals surface area contributed by atoms with Gasteiger partial charge in [-0.3, -0.25) is 10.1 Å². The van der Waals surface area contributed by atoms with Crippen molar-refractivity contribution in [2.24, 2.45) is 0 Å². The number of nitrogens with zero attached hydrogens (tertiary/aromatic N) is 2. The van der Waals surface area contributed by atoms with Gasteiger partial charge >= 0.3 is 5.97 Å². The number of carboxylic acids is 1. The number of hydrogen-bond donors (Lipinski definition) is 1. The van der Waals surface area contributed by atoms with Gasteiger partial charge in [-0.05, 0) is 25.1 Å². The number of hydrogen-bond acceptors (Lipinski definition) is 5. The van der Waals surface area contributed by atoms with E-state index in [1.165, 1.54) is 37.3 Å². The molecule has 21 heavy (non-hydrogen) atoms. The third-order valence-electron chi connectivity index (χ3n) is 2.72. The highest BCUT2D eigenvalue weighted by Gasteiger charge is 2.19. The second-order valence-electron chi connectivity index (χ2n) is 4.05. The fourth-order valence-corrected chi connectivity index (χ4v) is 1.81. The molecule has 0 saturated carbocycles. The van der Waals surface area contributed by atoms with Gasteiger partial charge in [0.15, 0.2) is 0 Å². The van der Waals surface area contributed by atoms with Gasteiger partial charge in [0, 0.05) is 6.07 Å². The highest BCUT2D eigenvalue weighted by Crippen LogP contribution is 2.32. The van der Waals surface area contributed by atoms with E-state index in [0.29, 0.717) is 0 Å². The molecular formula is C13H9ClN2O5. The summed E-state index contributed by atoms with van der Waals surface area (Å²) in [6.07, 6.45) is 0. The summed E-state index contributed by atoms with van der Waals surface area (Å²) in [7, 11) is 0. The molecule has 0 atom stereocenters. The fourth-order valence-electron chi connectivity index (χ4n) is 1.67. The van der Waals surface area contributed by atoms with E-state index in [9.17, 15) is 14.9 Å². The Morgan fingerprint density at radius 1 is 1.38 bits per heavy atom. The number of benzene rings is 1. The number of carboxylic acid groups (broad SMARTS) is 1. The lowest BCUT2D eigenvalue weighted by Gasteiger charge is -2.10. The highest BCUT2D eigenvalue weighted by molar-refractivity contribution is 6.29. The van der Waals surface area contributed by atoms with Crippen LogP contribution in [-0.2, 0) is 0 Å². The van der Waals surface area contributed by atoms with Crippen LogP contribution in [0.4, 0.5) is 5.69 Å². The van der Waals surface area contributed by atoms with Gasteiger partial charge in [-0.1, -0.05) is 17.7 Å². The van der Waals surface area contributed by atoms with E-state index in [1.54, 1.807) is 0 Å². The van der Waals surface area contributed by atoms with E-state index < -0.39 is 10.9 Å². The zero-order valence-electron chi connectivity index (χ0n) is 10.7. The van der Waals surface area contributed by atoms with Crippen LogP contribution in [0.25, 0.3) is 0 Å². The number of nitro groups is 1. The minimum atomic E-state index is -1.24. The van der Waals surface area contributed by atoms with E-state index in [1.807, 2.05) is 0 Å². The lowest BCUT2D eigenvalue weighted by atomic mass is 10.2. The summed E-state index contributed by atoms with van der Waals surface area (Å²) in [6.45, 7) is 1.50. The Morgan fingerprint density at radius 3 is 2.71 bits per heavy atom. The van der Waals surface area contributed by atoms with Crippen molar-refractivity contribution in [1.29, 1.82) is 0 Å². The van der Waals surface area contributed by atoms with Gasteiger partial charge in [0.1, 0.15) is 16.5 Å². The third kappa shape index (κ3) is 3.09. The Bertz CT molecular complexity index is 732. The number of aromatic carboxylic acids is 1. The first-order valence-corrected chi connectivity index (χ1v) is 6.09. The summed E-state index contributed by atoms with van der Waals surface area (Å²) in [5.74, 6) is -1.32. The Labute approximate surface area is 123 Å². The van der Waals surface area contributed by atoms with Crippen molar-refractivity contribution in [3.05, 3.63) is 56.7 Å². The molecule has 0 aliphatic rings. The van der Waals surface area contributed by atoms with Crippen molar-refractivity contribution in [2.75, 3.05) is 0 Å². The minimum Gasteiger partial charge on any atom is -0.477 e. The maximum absolute atomic E-state index is 11.1. The van der Waals surface area contributed by atoms with E-state index in [4.69, 9.17) is 21.4 Å². The van der Waals surface area contributed by atoms with Gasteiger partial charge < -0.3 is 9.84 Å². The molecule has 0 aliphatic heterocycles. The molecule has 0 fully saturated rings. The van der Waals surface area contributed by atoms with Crippen LogP contribution < -0.4 is 4.74 Å². The molecule has 1 heterocycles. The topological polar surface area (TPSA) is 103 Å². The van der Waals surface area contributed by atoms with Gasteiger partial charge in [0.2, 0.25) is 5.88 Å². The van der Waals surface area contributed by atoms with E-state index >= 15 is 0 Å². The smallest absolute Gasteiger partial charge is 0.341 e. The first-order valence-electron chi connectivity index (χ1n) is 5.72. The quantitative estimate of drug-likeness (QED) is 0.527. The molecule has 0 aliphatic carbocycles. The number of rotatable bonds is 4. The van der Waals surface area contributed by atoms with E-state index in [0.717, 1.165) is 0 Å². The van der Waals surface area contributed by atoms with Crippen LogP contribution >= 0.6 is 11.6 Å². The average Bonchev–Trinajstić information content (AvgIpc) is 2.40. The maximum atomic E-state index is 11.1. The van der Waals surface area contributed by atoms with Crippen LogP contribution in [0.2, 0.25) is 5.15 Å². The van der Waals surface area contributed by atoms with Gasteiger partial charge in [-0.2, -0.15) is 0 Å². The Kier molecular flexibility index (Phi) is 4.04. The predicted octanol–water partition coefficient (Wildman–Crippen LogP) is 3.44. The molecule has 2 aromatic rings. The lowest BCUT2D eigenvalue weighted by molar-refractivity contribution is -0.385. The molecule has 1 N–H and O–H groups in total. The zero-order chi connectivity index (χ0) is 15.6. The highest BCUT2D eigenvalue weighted by atomic mass is 35.5. The molecule has 0 unspecified atom stereocenters. The molecule has 108 valence electrons. The third-order valence-corrected chi connectivity index (χ3v) is 2.93. The number of aromatic nitrogens is 1. The number of halogens is 1. The van der Waals surface area contributed by atoms with Crippen LogP contribution in [-0.4, -0.2) is 21.0 Å². The van der Waals surface area contributed by atoms with Crippen LogP contribution in [0, 0.1) is 17.0 Å². The maximum Gasteiger partial charge on any atom is 0.341 e. The van der Waals surface area contributed by atoms with Crippen molar-refractivity contribution in [1.82, 2.24) is 4.98 Å². The van der Waals surface area contributed by atoms with Crippen LogP contribution in [0.1, 0.15) is 15.9 Å². The van der Waals surface area contributed by atoms with Gasteiger partial charge in [0.05, 0.1) is 10.5 Å². The first-order chi connectivity index (χ1) is 9.90. The molecule has 0 bridgehead atoms. The zero-order valence-corrected chi connectivity index (χ0v) is 11.5. The average molecular weight is 309 g/mol. The van der Waals surface area contributed by atoms with Crippen molar-refractivity contribution >= 4 is 23.3 Å². The van der Waals surface area contributed by atoms with Crippen LogP contribution in [0.15, 0.2) is 30.3 Å². The van der Waals surface area contributed by atoms with Crippen molar-refractivity contribution in [3.8, 4) is 11.6 Å². The number of pyridine rings is 1. The monoisotopic (exact) mass is 308 g/mol. The van der Waals surface area contributed by atoms with Crippen molar-refractivity contribution < 1.29 is 19.6 Å². The minimum absolute atomic E-state index is 0.0538. The fraction of sp³-hybridized carbons (Fsp3) is 0.0769. The normalized spacial score (nSPS) is 10.2. The van der Waals surface area contributed by atoms with Gasteiger partial charge in [0.25, 0.3) is 5.69 Å². The standard InChI is InChI=1S/C13H9ClN2O5/c1-7-9(16(19)20)3-2-4-10(7)21-12-8(13(17)18)5-6-11(14)15-12/h2-6H,1H3,(H,17,18). The number of carbonyl (C=O) groups is 1. The summed E-state index contributed by atoms with van der Waals surface area (Å²) < 4.78 is 5.39. The first kappa shape index (κ1) is 14.7. The summed E-state index contributed by atoms with van der Waals surface area (Å²) in [6, 6.07) is 6.81. The molecular weight excluding hydrogens is 300 g/mol. The molecule has 0 amide bonds. The second-order valence-corrected chi connectivity index (χ2v) is 4.44. The molecule has 0 radical (unpaired) electrons. The van der Waals surface area contributed by atoms with E-state index in [2.05, 4.69) is 4.98 Å². The van der Waals surface area contributed by atoms with Gasteiger partial charge in [-0.15, -0.1) is 0 Å². The SMILES string of the molecule is Cc1c(Oc2nc(Cl)ccc2C(=O)O)cccc1[N+](=O)[O-]. The van der Waals surface area contributed by atoms with Crippen LogP contribution in [0.3, 0.4) is 0 Å². The number of ether oxygens (including phenoxy) is 1. The summed E-state index contributed by atoms with van der Waals surface area (Å²) in [5, 5.41) is 20.0. The molecule has 2 rings (SSSR count). The van der Waals surface area contributed by atoms with E-state index in [-0.39, 0.29) is 33.6 Å². The molecule has 1 aromatic carbocycles. The largest absolute Gasteiger partial charge is 0.477 e. The van der Waals surface area contributed by atoms with Crippen molar-refractivity contribution in [2.45, 2.75) is 6.92 Å². The summed E-state index contributed by atoms with van der Waals surface area (Å²) in [4.78, 5) is 25.2. The second kappa shape index (κ2) is 5.76. The molecule has 1 aromatic heterocycles. The summed E-state index contributed by atoms with van der Waals surface area (Å²) in [5.41, 5.74) is -0.0580. The Balaban J connectivity index is 2.48. The van der Waals surface area contributed by atoms with Crippen molar-refractivity contribution in [3.63, 3.8) is 0 Å². The number of nitro benzene ring substituents is 1. The Morgan fingerprint density at radius 2 is 2.10 bits per heavy atom. The predicted molar refractivity (Wildman–Crippen MR) is 74.1 cm³/mol. The Hall–Kier alpha value is -2.67. The lowest BCUT2D eigenvalue weighted by Crippen LogP contribution is -2.03. The van der Waals surface area contributed by atoms with Crippen LogP contribution in [0.5, 0.6) is 11.6 Å².